The lowest BCUT2D eigenvalue weighted by atomic mass is 10.0. The molecule has 0 radical (unpaired) electrons. The molecule has 6 nitrogen and oxygen atoms in total. The van der Waals surface area contributed by atoms with Crippen molar-refractivity contribution in [2.45, 2.75) is 166 Å². The summed E-state index contributed by atoms with van der Waals surface area (Å²) in [6.45, 7) is 49.2. The monoisotopic (exact) mass is 1120 g/mol. The summed E-state index contributed by atoms with van der Waals surface area (Å²) in [5.41, 5.74) is 17.3. The fraction of sp³-hybridized carbons (Fsp3) is 0.308. The van der Waals surface area contributed by atoms with Crippen LogP contribution < -0.4 is 0 Å². The lowest BCUT2D eigenvalue weighted by Gasteiger charge is -2.02. The largest absolute Gasteiger partial charge is 0.264 e. The minimum Gasteiger partial charge on any atom is -0.264 e. The molecular weight excluding hydrogens is 1020 g/mol. The first-order chi connectivity index (χ1) is 40.7. The van der Waals surface area contributed by atoms with E-state index in [0.29, 0.717) is 0 Å². The zero-order valence-electron chi connectivity index (χ0n) is 56.0. The van der Waals surface area contributed by atoms with Crippen molar-refractivity contribution in [3.8, 4) is 0 Å². The first-order valence-corrected chi connectivity index (χ1v) is 30.5. The lowest BCUT2D eigenvalue weighted by molar-refractivity contribution is 1.21. The number of hydrogen-bond donors (Lipinski definition) is 0. The van der Waals surface area contributed by atoms with Crippen LogP contribution in [0.5, 0.6) is 0 Å². The zero-order valence-corrected chi connectivity index (χ0v) is 56.0. The van der Waals surface area contributed by atoms with Crippen molar-refractivity contribution < 1.29 is 0 Å². The number of nitrogens with zero attached hydrogens (tertiary/aromatic N) is 6. The van der Waals surface area contributed by atoms with Gasteiger partial charge in [0.1, 0.15) is 0 Å². The van der Waals surface area contributed by atoms with Gasteiger partial charge in [0.15, 0.2) is 0 Å². The molecular formula is C78H102N6. The SMILES string of the molecule is CC.CC.CC.CC.CC.CC.Cc1cc(C)c2cccnc2c1.Cc1cc(C)c2ccncc2c1.Cc1cc(C)c2cnccc2c1.Cc1cc(C)c2ncccc2c1.Cc1cnc(C)c2ccccc12.Cc1cnc(C)c2ccccc12. The molecule has 6 aromatic heterocycles. The van der Waals surface area contributed by atoms with Crippen LogP contribution in [-0.2, 0) is 0 Å². The van der Waals surface area contributed by atoms with Gasteiger partial charge < -0.3 is 0 Å². The Hall–Kier alpha value is -8.22. The van der Waals surface area contributed by atoms with Gasteiger partial charge in [-0.15, -0.1) is 0 Å². The van der Waals surface area contributed by atoms with E-state index in [1.165, 1.54) is 109 Å². The molecule has 0 unspecified atom stereocenters. The number of rotatable bonds is 0. The maximum Gasteiger partial charge on any atom is 0.0731 e. The second kappa shape index (κ2) is 40.9. The average Bonchev–Trinajstić information content (AvgIpc) is 3.63. The molecule has 0 fully saturated rings. The molecule has 0 saturated carbocycles. The molecule has 0 amide bonds. The number of pyridine rings is 6. The molecule has 444 valence electrons. The van der Waals surface area contributed by atoms with Crippen LogP contribution in [0.25, 0.3) is 64.9 Å². The summed E-state index contributed by atoms with van der Waals surface area (Å²) < 4.78 is 0. The van der Waals surface area contributed by atoms with E-state index in [9.17, 15) is 0 Å². The van der Waals surface area contributed by atoms with E-state index >= 15 is 0 Å². The standard InChI is InChI=1S/6C11H11N.6C2H6/c1-8-5-9(2)11-3-4-12-7-10(11)6-8;1-8-5-9(2)11-7-12-4-3-10(11)6-8;1-8-6-9(2)10-4-3-5-12-11(10)7-8;1-8-6-9(2)11-10(7-8)4-3-5-12-11;2*1-8-7-12-9(2)11-6-4-3-5-10(8)11;6*1-2/h6*3-7H,1-2H3;6*1-2H3. The first-order valence-electron chi connectivity index (χ1n) is 30.5. The number of fused-ring (bicyclic) bond motifs is 6. The highest BCUT2D eigenvalue weighted by Crippen LogP contribution is 2.23. The summed E-state index contributed by atoms with van der Waals surface area (Å²) in [4.78, 5) is 25.4. The lowest BCUT2D eigenvalue weighted by Crippen LogP contribution is -1.86. The average molecular weight is 1120 g/mol. The molecule has 0 aliphatic rings. The van der Waals surface area contributed by atoms with Gasteiger partial charge in [0.05, 0.1) is 11.0 Å². The van der Waals surface area contributed by atoms with Crippen LogP contribution in [0.3, 0.4) is 0 Å². The molecule has 84 heavy (non-hydrogen) atoms. The molecule has 0 aliphatic heterocycles. The predicted octanol–water partition coefficient (Wildman–Crippen LogP) is 23.3. The van der Waals surface area contributed by atoms with E-state index in [1.807, 2.05) is 159 Å². The van der Waals surface area contributed by atoms with Gasteiger partial charge in [-0.2, -0.15) is 0 Å². The Kier molecular flexibility index (Phi) is 35.9. The fourth-order valence-electron chi connectivity index (χ4n) is 9.21. The Balaban J connectivity index is 0.000000486. The second-order valence-electron chi connectivity index (χ2n) is 18.8. The quantitative estimate of drug-likeness (QED) is 0.151. The van der Waals surface area contributed by atoms with Crippen LogP contribution in [0.2, 0.25) is 0 Å². The number of aryl methyl sites for hydroxylation is 12. The van der Waals surface area contributed by atoms with E-state index in [0.717, 1.165) is 22.4 Å². The highest BCUT2D eigenvalue weighted by molar-refractivity contribution is 5.89. The van der Waals surface area contributed by atoms with Crippen LogP contribution in [-0.4, -0.2) is 29.9 Å². The van der Waals surface area contributed by atoms with Crippen molar-refractivity contribution in [2.24, 2.45) is 0 Å². The molecule has 6 heteroatoms. The van der Waals surface area contributed by atoms with Crippen LogP contribution >= 0.6 is 0 Å². The van der Waals surface area contributed by atoms with Gasteiger partial charge in [-0.1, -0.05) is 191 Å². The molecule has 0 saturated heterocycles. The maximum atomic E-state index is 4.32. The smallest absolute Gasteiger partial charge is 0.0731 e. The van der Waals surface area contributed by atoms with Crippen molar-refractivity contribution in [2.75, 3.05) is 0 Å². The third-order valence-corrected chi connectivity index (χ3v) is 12.7. The summed E-state index contributed by atoms with van der Waals surface area (Å²) in [7, 11) is 0. The molecule has 0 aliphatic carbocycles. The summed E-state index contributed by atoms with van der Waals surface area (Å²) >= 11 is 0. The minimum atomic E-state index is 1.09. The van der Waals surface area contributed by atoms with Gasteiger partial charge in [-0.05, 0) is 186 Å². The number of benzene rings is 6. The summed E-state index contributed by atoms with van der Waals surface area (Å²) in [6, 6.07) is 46.4. The van der Waals surface area contributed by atoms with Gasteiger partial charge in [0.2, 0.25) is 0 Å². The minimum absolute atomic E-state index is 1.09. The number of aromatic nitrogens is 6. The Bertz CT molecular complexity index is 3300. The second-order valence-corrected chi connectivity index (χ2v) is 18.8. The van der Waals surface area contributed by atoms with E-state index in [1.54, 1.807) is 0 Å². The van der Waals surface area contributed by atoms with E-state index < -0.39 is 0 Å². The van der Waals surface area contributed by atoms with Gasteiger partial charge in [0.25, 0.3) is 0 Å². The van der Waals surface area contributed by atoms with E-state index in [2.05, 4.69) is 220 Å². The molecule has 6 heterocycles. The molecule has 12 rings (SSSR count). The van der Waals surface area contributed by atoms with E-state index in [-0.39, 0.29) is 0 Å². The Labute approximate surface area is 508 Å². The van der Waals surface area contributed by atoms with Crippen molar-refractivity contribution in [3.63, 3.8) is 0 Å². The van der Waals surface area contributed by atoms with Gasteiger partial charge >= 0.3 is 0 Å². The Morgan fingerprint density at radius 2 is 0.631 bits per heavy atom. The summed E-state index contributed by atoms with van der Waals surface area (Å²) in [6.07, 6.45) is 15.0. The van der Waals surface area contributed by atoms with Gasteiger partial charge in [0, 0.05) is 93.3 Å². The zero-order chi connectivity index (χ0) is 63.3. The first kappa shape index (κ1) is 73.8. The third-order valence-electron chi connectivity index (χ3n) is 12.7. The highest BCUT2D eigenvalue weighted by Gasteiger charge is 2.03. The molecule has 0 atom stereocenters. The Morgan fingerprint density at radius 1 is 0.238 bits per heavy atom. The van der Waals surface area contributed by atoms with Crippen molar-refractivity contribution >= 4 is 64.9 Å². The van der Waals surface area contributed by atoms with Crippen molar-refractivity contribution in [1.29, 1.82) is 0 Å². The normalized spacial score (nSPS) is 9.43. The van der Waals surface area contributed by atoms with Gasteiger partial charge in [-0.3, -0.25) is 29.9 Å². The topological polar surface area (TPSA) is 77.3 Å². The van der Waals surface area contributed by atoms with Crippen molar-refractivity contribution in [3.05, 3.63) is 250 Å². The van der Waals surface area contributed by atoms with Crippen LogP contribution in [0.4, 0.5) is 0 Å². The van der Waals surface area contributed by atoms with Crippen LogP contribution in [0.15, 0.2) is 183 Å². The maximum absolute atomic E-state index is 4.32. The molecule has 0 N–H and O–H groups in total. The fourth-order valence-corrected chi connectivity index (χ4v) is 9.21. The third kappa shape index (κ3) is 22.5. The van der Waals surface area contributed by atoms with Crippen LogP contribution in [0, 0.1) is 83.1 Å². The summed E-state index contributed by atoms with van der Waals surface area (Å²) in [5.74, 6) is 0. The highest BCUT2D eigenvalue weighted by atomic mass is 14.7. The molecule has 6 aromatic carbocycles. The molecule has 0 bridgehead atoms. The molecule has 12 aromatic rings. The summed E-state index contributed by atoms with van der Waals surface area (Å²) in [5, 5.41) is 12.7. The molecule has 0 spiro atoms. The predicted molar refractivity (Wildman–Crippen MR) is 375 cm³/mol. The Morgan fingerprint density at radius 3 is 1.15 bits per heavy atom. The van der Waals surface area contributed by atoms with Gasteiger partial charge in [-0.25, -0.2) is 0 Å². The van der Waals surface area contributed by atoms with Crippen LogP contribution in [0.1, 0.15) is 150 Å². The van der Waals surface area contributed by atoms with Crippen molar-refractivity contribution in [1.82, 2.24) is 29.9 Å². The number of hydrogen-bond acceptors (Lipinski definition) is 6. The van der Waals surface area contributed by atoms with E-state index in [4.69, 9.17) is 0 Å².